The Labute approximate surface area is 125 Å². The third-order valence-corrected chi connectivity index (χ3v) is 4.75. The molecule has 0 aromatic carbocycles. The highest BCUT2D eigenvalue weighted by molar-refractivity contribution is 4.86. The predicted molar refractivity (Wildman–Crippen MR) is 84.9 cm³/mol. The van der Waals surface area contributed by atoms with Gasteiger partial charge in [-0.25, -0.2) is 0 Å². The van der Waals surface area contributed by atoms with Gasteiger partial charge >= 0.3 is 0 Å². The van der Waals surface area contributed by atoms with Gasteiger partial charge < -0.3 is 15.2 Å². The van der Waals surface area contributed by atoms with Crippen molar-refractivity contribution in [1.29, 1.82) is 0 Å². The van der Waals surface area contributed by atoms with Gasteiger partial charge in [0.15, 0.2) is 0 Å². The summed E-state index contributed by atoms with van der Waals surface area (Å²) in [6, 6.07) is 0.579. The lowest BCUT2D eigenvalue weighted by Gasteiger charge is -2.22. The van der Waals surface area contributed by atoms with E-state index >= 15 is 0 Å². The Morgan fingerprint density at radius 2 is 2.05 bits per heavy atom. The average molecular weight is 285 g/mol. The van der Waals surface area contributed by atoms with Crippen LogP contribution in [0.5, 0.6) is 0 Å². The van der Waals surface area contributed by atoms with Gasteiger partial charge in [-0.2, -0.15) is 0 Å². The smallest absolute Gasteiger partial charge is 0.0897 e. The maximum Gasteiger partial charge on any atom is 0.0897 e. The summed E-state index contributed by atoms with van der Waals surface area (Å²) < 4.78 is 5.54. The zero-order valence-electron chi connectivity index (χ0n) is 13.9. The summed E-state index contributed by atoms with van der Waals surface area (Å²) in [6.45, 7) is 11.0. The first-order valence-electron chi connectivity index (χ1n) is 8.53. The van der Waals surface area contributed by atoms with E-state index in [0.29, 0.717) is 19.2 Å². The Bertz CT molecular complexity index is 245. The molecule has 1 rings (SSSR count). The molecule has 0 spiro atoms. The second kappa shape index (κ2) is 9.75. The molecule has 0 aromatic heterocycles. The summed E-state index contributed by atoms with van der Waals surface area (Å²) in [5, 5.41) is 13.5. The molecule has 4 unspecified atom stereocenters. The quantitative estimate of drug-likeness (QED) is 0.606. The van der Waals surface area contributed by atoms with Gasteiger partial charge in [0, 0.05) is 19.2 Å². The van der Waals surface area contributed by atoms with Crippen molar-refractivity contribution in [3.63, 3.8) is 0 Å². The maximum absolute atomic E-state index is 9.94. The first kappa shape index (κ1) is 17.9. The molecule has 0 amide bonds. The first-order valence-corrected chi connectivity index (χ1v) is 8.53. The van der Waals surface area contributed by atoms with Gasteiger partial charge in [0.1, 0.15) is 0 Å². The summed E-state index contributed by atoms with van der Waals surface area (Å²) in [6.07, 6.45) is 5.78. The zero-order chi connectivity index (χ0) is 15.0. The van der Waals surface area contributed by atoms with Crippen molar-refractivity contribution in [2.45, 2.75) is 71.9 Å². The van der Waals surface area contributed by atoms with Crippen LogP contribution in [0.1, 0.15) is 59.8 Å². The third-order valence-electron chi connectivity index (χ3n) is 4.75. The van der Waals surface area contributed by atoms with Crippen molar-refractivity contribution >= 4 is 0 Å². The zero-order valence-corrected chi connectivity index (χ0v) is 13.9. The van der Waals surface area contributed by atoms with E-state index in [2.05, 4.69) is 33.0 Å². The second-order valence-corrected chi connectivity index (χ2v) is 6.88. The molecule has 0 saturated heterocycles. The van der Waals surface area contributed by atoms with Crippen molar-refractivity contribution in [3.05, 3.63) is 0 Å². The Morgan fingerprint density at radius 3 is 2.65 bits per heavy atom. The van der Waals surface area contributed by atoms with Crippen LogP contribution in [0.25, 0.3) is 0 Å². The third kappa shape index (κ3) is 6.55. The van der Waals surface area contributed by atoms with E-state index in [1.54, 1.807) is 0 Å². The molecule has 0 aromatic rings. The Kier molecular flexibility index (Phi) is 8.74. The fraction of sp³-hybridized carbons (Fsp3) is 1.00. The fourth-order valence-electron chi connectivity index (χ4n) is 3.27. The van der Waals surface area contributed by atoms with Gasteiger partial charge in [-0.1, -0.05) is 34.1 Å². The predicted octanol–water partition coefficient (Wildman–Crippen LogP) is 3.21. The lowest BCUT2D eigenvalue weighted by Crippen LogP contribution is -2.39. The van der Waals surface area contributed by atoms with Crippen molar-refractivity contribution in [3.8, 4) is 0 Å². The van der Waals surface area contributed by atoms with E-state index in [1.165, 1.54) is 25.7 Å². The normalized spacial score (nSPS) is 28.2. The summed E-state index contributed by atoms with van der Waals surface area (Å²) in [5.74, 6) is 2.33. The van der Waals surface area contributed by atoms with E-state index in [9.17, 15) is 5.11 Å². The number of hydrogen-bond donors (Lipinski definition) is 2. The van der Waals surface area contributed by atoms with Crippen LogP contribution in [0.15, 0.2) is 0 Å². The van der Waals surface area contributed by atoms with Crippen LogP contribution < -0.4 is 5.32 Å². The molecule has 120 valence electrons. The molecule has 3 nitrogen and oxygen atoms in total. The Hall–Kier alpha value is -0.120. The molecule has 1 aliphatic rings. The molecule has 1 aliphatic carbocycles. The molecule has 2 N–H and O–H groups in total. The molecule has 1 saturated carbocycles. The number of nitrogens with one attached hydrogen (secondary N) is 1. The SMILES string of the molecule is CCC1CCC(NCC(O)COCCCC(C)C)C1C. The molecule has 0 bridgehead atoms. The number of rotatable bonds is 10. The number of aliphatic hydroxyl groups excluding tert-OH is 1. The molecule has 0 heterocycles. The van der Waals surface area contributed by atoms with Gasteiger partial charge in [0.25, 0.3) is 0 Å². The summed E-state index contributed by atoms with van der Waals surface area (Å²) in [5.41, 5.74) is 0. The van der Waals surface area contributed by atoms with Crippen LogP contribution >= 0.6 is 0 Å². The highest BCUT2D eigenvalue weighted by Gasteiger charge is 2.31. The van der Waals surface area contributed by atoms with Gasteiger partial charge in [-0.05, 0) is 43.4 Å². The Balaban J connectivity index is 2.04. The van der Waals surface area contributed by atoms with Crippen LogP contribution in [0.3, 0.4) is 0 Å². The van der Waals surface area contributed by atoms with E-state index in [-0.39, 0.29) is 6.10 Å². The minimum atomic E-state index is -0.373. The summed E-state index contributed by atoms with van der Waals surface area (Å²) in [4.78, 5) is 0. The monoisotopic (exact) mass is 285 g/mol. The number of aliphatic hydroxyl groups is 1. The van der Waals surface area contributed by atoms with Crippen molar-refractivity contribution in [2.24, 2.45) is 17.8 Å². The summed E-state index contributed by atoms with van der Waals surface area (Å²) in [7, 11) is 0. The largest absolute Gasteiger partial charge is 0.389 e. The standard InChI is InChI=1S/C17H35NO2/c1-5-15-8-9-17(14(15)4)18-11-16(19)12-20-10-6-7-13(2)3/h13-19H,5-12H2,1-4H3. The highest BCUT2D eigenvalue weighted by atomic mass is 16.5. The highest BCUT2D eigenvalue weighted by Crippen LogP contribution is 2.33. The molecular weight excluding hydrogens is 250 g/mol. The fourth-order valence-corrected chi connectivity index (χ4v) is 3.27. The minimum Gasteiger partial charge on any atom is -0.389 e. The number of hydrogen-bond acceptors (Lipinski definition) is 3. The lowest BCUT2D eigenvalue weighted by molar-refractivity contribution is 0.0328. The minimum absolute atomic E-state index is 0.373. The average Bonchev–Trinajstić information content (AvgIpc) is 2.76. The van der Waals surface area contributed by atoms with E-state index in [1.807, 2.05) is 0 Å². The van der Waals surface area contributed by atoms with Crippen LogP contribution in [0.4, 0.5) is 0 Å². The van der Waals surface area contributed by atoms with E-state index in [0.717, 1.165) is 30.8 Å². The van der Waals surface area contributed by atoms with E-state index < -0.39 is 0 Å². The van der Waals surface area contributed by atoms with Crippen LogP contribution in [0.2, 0.25) is 0 Å². The Morgan fingerprint density at radius 1 is 1.30 bits per heavy atom. The van der Waals surface area contributed by atoms with Gasteiger partial charge in [-0.15, -0.1) is 0 Å². The molecule has 3 heteroatoms. The van der Waals surface area contributed by atoms with Crippen LogP contribution in [-0.4, -0.2) is 37.0 Å². The lowest BCUT2D eigenvalue weighted by atomic mass is 9.93. The maximum atomic E-state index is 9.94. The van der Waals surface area contributed by atoms with Gasteiger partial charge in [0.05, 0.1) is 12.7 Å². The van der Waals surface area contributed by atoms with Crippen molar-refractivity contribution in [1.82, 2.24) is 5.32 Å². The molecule has 1 fully saturated rings. The van der Waals surface area contributed by atoms with Crippen molar-refractivity contribution in [2.75, 3.05) is 19.8 Å². The number of ether oxygens (including phenoxy) is 1. The molecular formula is C17H35NO2. The second-order valence-electron chi connectivity index (χ2n) is 6.88. The van der Waals surface area contributed by atoms with Crippen LogP contribution in [-0.2, 0) is 4.74 Å². The van der Waals surface area contributed by atoms with Gasteiger partial charge in [0.2, 0.25) is 0 Å². The molecule has 4 atom stereocenters. The molecule has 20 heavy (non-hydrogen) atoms. The summed E-state index contributed by atoms with van der Waals surface area (Å²) >= 11 is 0. The molecule has 0 aliphatic heterocycles. The molecule has 0 radical (unpaired) electrons. The first-order chi connectivity index (χ1) is 9.54. The topological polar surface area (TPSA) is 41.5 Å². The van der Waals surface area contributed by atoms with Crippen molar-refractivity contribution < 1.29 is 9.84 Å². The van der Waals surface area contributed by atoms with E-state index in [4.69, 9.17) is 4.74 Å². The van der Waals surface area contributed by atoms with Gasteiger partial charge in [-0.3, -0.25) is 0 Å². The van der Waals surface area contributed by atoms with Crippen LogP contribution in [0, 0.1) is 17.8 Å².